The molecule has 0 spiro atoms. The molecular weight excluding hydrogens is 408 g/mol. The highest BCUT2D eigenvalue weighted by atomic mass is 16.5. The zero-order valence-corrected chi connectivity index (χ0v) is 19.1. The lowest BCUT2D eigenvalue weighted by molar-refractivity contribution is -0.137. The fourth-order valence-electron chi connectivity index (χ4n) is 4.88. The molecule has 0 bridgehead atoms. The Morgan fingerprint density at radius 3 is 2.53 bits per heavy atom. The first-order valence-corrected chi connectivity index (χ1v) is 11.5. The van der Waals surface area contributed by atoms with E-state index in [1.807, 2.05) is 41.0 Å². The molecule has 1 aromatic carbocycles. The van der Waals surface area contributed by atoms with Crippen LogP contribution in [0, 0.1) is 12.8 Å². The molecule has 2 saturated heterocycles. The number of aromatic nitrogens is 2. The number of carbonyl (C=O) groups is 2. The maximum atomic E-state index is 13.6. The molecule has 2 atom stereocenters. The molecule has 172 valence electrons. The molecule has 8 heteroatoms. The second-order valence-electron chi connectivity index (χ2n) is 8.75. The van der Waals surface area contributed by atoms with Gasteiger partial charge in [0.2, 0.25) is 17.7 Å². The van der Waals surface area contributed by atoms with Crippen LogP contribution in [0.15, 0.2) is 28.8 Å². The van der Waals surface area contributed by atoms with Gasteiger partial charge in [-0.3, -0.25) is 9.59 Å². The van der Waals surface area contributed by atoms with Crippen LogP contribution in [0.5, 0.6) is 5.75 Å². The first kappa shape index (κ1) is 22.3. The fourth-order valence-corrected chi connectivity index (χ4v) is 4.88. The molecule has 0 radical (unpaired) electrons. The number of likely N-dealkylation sites (tertiary alicyclic amines) is 2. The van der Waals surface area contributed by atoms with E-state index in [4.69, 9.17) is 9.26 Å². The van der Waals surface area contributed by atoms with Crippen LogP contribution in [0.2, 0.25) is 0 Å². The average molecular weight is 441 g/mol. The third-order valence-corrected chi connectivity index (χ3v) is 6.66. The van der Waals surface area contributed by atoms with Crippen LogP contribution < -0.4 is 4.74 Å². The maximum Gasteiger partial charge on any atom is 0.229 e. The van der Waals surface area contributed by atoms with E-state index in [0.29, 0.717) is 31.3 Å². The maximum absolute atomic E-state index is 13.6. The van der Waals surface area contributed by atoms with Crippen LogP contribution in [0.1, 0.15) is 68.3 Å². The standard InChI is InChI=1S/C24H32N4O4/c1-4-5-12-28-21(29)15-20(22(28)17-6-8-19(31-3)9-7-17)24(30)27-13-10-18(11-14-27)23-25-16(2)26-32-23/h6-9,18,20,22H,4-5,10-15H2,1-3H3. The summed E-state index contributed by atoms with van der Waals surface area (Å²) in [5, 5.41) is 3.89. The first-order chi connectivity index (χ1) is 15.5. The molecule has 4 rings (SSSR count). The molecule has 2 fully saturated rings. The number of benzene rings is 1. The fraction of sp³-hybridized carbons (Fsp3) is 0.583. The second-order valence-corrected chi connectivity index (χ2v) is 8.75. The van der Waals surface area contributed by atoms with Gasteiger partial charge in [-0.1, -0.05) is 30.6 Å². The number of hydrogen-bond donors (Lipinski definition) is 0. The lowest BCUT2D eigenvalue weighted by Crippen LogP contribution is -2.43. The Bertz CT molecular complexity index is 934. The summed E-state index contributed by atoms with van der Waals surface area (Å²) in [5.74, 6) is 2.01. The zero-order valence-electron chi connectivity index (χ0n) is 19.1. The van der Waals surface area contributed by atoms with Gasteiger partial charge in [0.15, 0.2) is 5.82 Å². The van der Waals surface area contributed by atoms with Gasteiger partial charge < -0.3 is 19.1 Å². The van der Waals surface area contributed by atoms with Crippen molar-refractivity contribution in [3.05, 3.63) is 41.5 Å². The monoisotopic (exact) mass is 440 g/mol. The minimum absolute atomic E-state index is 0.0637. The molecule has 3 heterocycles. The van der Waals surface area contributed by atoms with Crippen molar-refractivity contribution in [1.82, 2.24) is 19.9 Å². The Kier molecular flexibility index (Phi) is 6.77. The van der Waals surface area contributed by atoms with Crippen LogP contribution >= 0.6 is 0 Å². The number of rotatable bonds is 7. The van der Waals surface area contributed by atoms with Gasteiger partial charge in [-0.05, 0) is 43.9 Å². The Morgan fingerprint density at radius 2 is 1.94 bits per heavy atom. The Balaban J connectivity index is 1.50. The van der Waals surface area contributed by atoms with Gasteiger partial charge in [-0.25, -0.2) is 0 Å². The Morgan fingerprint density at radius 1 is 1.22 bits per heavy atom. The lowest BCUT2D eigenvalue weighted by Gasteiger charge is -2.35. The van der Waals surface area contributed by atoms with Crippen LogP contribution in [0.3, 0.4) is 0 Å². The SMILES string of the molecule is CCCCN1C(=O)CC(C(=O)N2CCC(c3nc(C)no3)CC2)C1c1ccc(OC)cc1. The third kappa shape index (κ3) is 4.49. The minimum atomic E-state index is -0.366. The van der Waals surface area contributed by atoms with Crippen molar-refractivity contribution in [3.8, 4) is 5.75 Å². The summed E-state index contributed by atoms with van der Waals surface area (Å²) in [4.78, 5) is 34.7. The van der Waals surface area contributed by atoms with E-state index >= 15 is 0 Å². The number of carbonyl (C=O) groups excluding carboxylic acids is 2. The van der Waals surface area contributed by atoms with Crippen molar-refractivity contribution in [3.63, 3.8) is 0 Å². The molecule has 8 nitrogen and oxygen atoms in total. The number of amides is 2. The van der Waals surface area contributed by atoms with Crippen molar-refractivity contribution in [1.29, 1.82) is 0 Å². The van der Waals surface area contributed by atoms with Gasteiger partial charge in [0, 0.05) is 32.0 Å². The highest BCUT2D eigenvalue weighted by Crippen LogP contribution is 2.40. The molecule has 2 aliphatic rings. The Hall–Kier alpha value is -2.90. The summed E-state index contributed by atoms with van der Waals surface area (Å²) < 4.78 is 10.6. The highest BCUT2D eigenvalue weighted by Gasteiger charge is 2.46. The number of unbranched alkanes of at least 4 members (excludes halogenated alkanes) is 1. The summed E-state index contributed by atoms with van der Waals surface area (Å²) in [6.45, 7) is 5.88. The molecular formula is C24H32N4O4. The molecule has 32 heavy (non-hydrogen) atoms. The number of piperidine rings is 1. The van der Waals surface area contributed by atoms with E-state index in [2.05, 4.69) is 17.1 Å². The predicted molar refractivity (Wildman–Crippen MR) is 118 cm³/mol. The molecule has 0 saturated carbocycles. The molecule has 2 aliphatic heterocycles. The predicted octanol–water partition coefficient (Wildman–Crippen LogP) is 3.48. The van der Waals surface area contributed by atoms with E-state index in [0.717, 1.165) is 37.0 Å². The number of hydrogen-bond acceptors (Lipinski definition) is 6. The topological polar surface area (TPSA) is 88.8 Å². The van der Waals surface area contributed by atoms with Crippen LogP contribution in [-0.4, -0.2) is 58.5 Å². The summed E-state index contributed by atoms with van der Waals surface area (Å²) >= 11 is 0. The largest absolute Gasteiger partial charge is 0.497 e. The van der Waals surface area contributed by atoms with E-state index in [9.17, 15) is 9.59 Å². The van der Waals surface area contributed by atoms with Crippen molar-refractivity contribution in [2.24, 2.45) is 5.92 Å². The number of aryl methyl sites for hydroxylation is 1. The van der Waals surface area contributed by atoms with Crippen molar-refractivity contribution >= 4 is 11.8 Å². The summed E-state index contributed by atoms with van der Waals surface area (Å²) in [6, 6.07) is 7.52. The normalized spacial score (nSPS) is 21.9. The van der Waals surface area contributed by atoms with Gasteiger partial charge in [0.25, 0.3) is 0 Å². The van der Waals surface area contributed by atoms with Gasteiger partial charge in [0.05, 0.1) is 19.1 Å². The highest BCUT2D eigenvalue weighted by molar-refractivity contribution is 5.90. The number of ether oxygens (including phenoxy) is 1. The van der Waals surface area contributed by atoms with Gasteiger partial charge in [-0.2, -0.15) is 4.98 Å². The molecule has 2 amide bonds. The smallest absolute Gasteiger partial charge is 0.229 e. The van der Waals surface area contributed by atoms with E-state index in [1.54, 1.807) is 7.11 Å². The molecule has 1 aromatic heterocycles. The van der Waals surface area contributed by atoms with E-state index in [-0.39, 0.29) is 36.1 Å². The molecule has 2 unspecified atom stereocenters. The van der Waals surface area contributed by atoms with Crippen LogP contribution in [0.4, 0.5) is 0 Å². The Labute approximate surface area is 188 Å². The summed E-state index contributed by atoms with van der Waals surface area (Å²) in [7, 11) is 1.63. The lowest BCUT2D eigenvalue weighted by atomic mass is 9.90. The number of methoxy groups -OCH3 is 1. The van der Waals surface area contributed by atoms with Crippen LogP contribution in [0.25, 0.3) is 0 Å². The summed E-state index contributed by atoms with van der Waals surface area (Å²) in [6.07, 6.45) is 3.78. The second kappa shape index (κ2) is 9.71. The third-order valence-electron chi connectivity index (χ3n) is 6.66. The van der Waals surface area contributed by atoms with Gasteiger partial charge in [-0.15, -0.1) is 0 Å². The first-order valence-electron chi connectivity index (χ1n) is 11.5. The van der Waals surface area contributed by atoms with Crippen molar-refractivity contribution in [2.75, 3.05) is 26.7 Å². The molecule has 0 N–H and O–H groups in total. The van der Waals surface area contributed by atoms with Gasteiger partial charge in [0.1, 0.15) is 5.75 Å². The van der Waals surface area contributed by atoms with Crippen LogP contribution in [-0.2, 0) is 9.59 Å². The van der Waals surface area contributed by atoms with E-state index < -0.39 is 0 Å². The minimum Gasteiger partial charge on any atom is -0.497 e. The molecule has 0 aliphatic carbocycles. The quantitative estimate of drug-likeness (QED) is 0.655. The molecule has 2 aromatic rings. The van der Waals surface area contributed by atoms with Crippen molar-refractivity contribution < 1.29 is 18.8 Å². The summed E-state index contributed by atoms with van der Waals surface area (Å²) in [5.41, 5.74) is 0.988. The van der Waals surface area contributed by atoms with Crippen molar-refractivity contribution in [2.45, 2.75) is 57.9 Å². The zero-order chi connectivity index (χ0) is 22.7. The average Bonchev–Trinajstić information content (AvgIpc) is 3.40. The van der Waals surface area contributed by atoms with Gasteiger partial charge >= 0.3 is 0 Å². The van der Waals surface area contributed by atoms with E-state index in [1.165, 1.54) is 0 Å². The number of nitrogens with zero attached hydrogens (tertiary/aromatic N) is 4.